The number of rotatable bonds is 8. The van der Waals surface area contributed by atoms with E-state index < -0.39 is 0 Å². The summed E-state index contributed by atoms with van der Waals surface area (Å²) in [5.74, 6) is 1.93. The van der Waals surface area contributed by atoms with Crippen molar-refractivity contribution in [2.45, 2.75) is 19.0 Å². The van der Waals surface area contributed by atoms with Gasteiger partial charge in [-0.2, -0.15) is 4.98 Å². The quantitative estimate of drug-likeness (QED) is 0.330. The number of nitrogens with one attached hydrogen (secondary N) is 1. The Labute approximate surface area is 240 Å². The molecule has 2 aliphatic rings. The second kappa shape index (κ2) is 11.3. The summed E-state index contributed by atoms with van der Waals surface area (Å²) in [4.78, 5) is 37.0. The van der Waals surface area contributed by atoms with Crippen LogP contribution in [0.4, 0.5) is 23.1 Å². The minimum atomic E-state index is -0.177. The minimum absolute atomic E-state index is 0.177. The van der Waals surface area contributed by atoms with Gasteiger partial charge >= 0.3 is 0 Å². The van der Waals surface area contributed by atoms with E-state index in [-0.39, 0.29) is 5.56 Å². The molecule has 5 heterocycles. The van der Waals surface area contributed by atoms with Crippen molar-refractivity contribution in [2.75, 3.05) is 75.5 Å². The molecule has 0 bridgehead atoms. The van der Waals surface area contributed by atoms with Gasteiger partial charge in [0.2, 0.25) is 5.95 Å². The van der Waals surface area contributed by atoms with Crippen molar-refractivity contribution in [3.8, 4) is 5.82 Å². The number of pyridine rings is 1. The Morgan fingerprint density at radius 1 is 1.00 bits per heavy atom. The molecule has 3 aromatic heterocycles. The van der Waals surface area contributed by atoms with Crippen LogP contribution in [0.3, 0.4) is 0 Å². The third kappa shape index (κ3) is 5.42. The Bertz CT molecular complexity index is 1580. The summed E-state index contributed by atoms with van der Waals surface area (Å²) in [5.41, 5.74) is 2.41. The fourth-order valence-electron chi connectivity index (χ4n) is 5.64. The van der Waals surface area contributed by atoms with Gasteiger partial charge in [0, 0.05) is 62.9 Å². The van der Waals surface area contributed by atoms with Gasteiger partial charge in [0.05, 0.1) is 6.54 Å². The molecule has 2 saturated heterocycles. The molecule has 1 N–H and O–H groups in total. The van der Waals surface area contributed by atoms with Gasteiger partial charge in [-0.25, -0.2) is 19.3 Å². The Morgan fingerprint density at radius 2 is 1.76 bits per heavy atom. The largest absolute Gasteiger partial charge is 0.369 e. The molecule has 0 amide bonds. The normalized spacial score (nSPS) is 18.0. The molecule has 2 fully saturated rings. The summed E-state index contributed by atoms with van der Waals surface area (Å²) in [6.07, 6.45) is 4.39. The Hall–Kier alpha value is -4.22. The van der Waals surface area contributed by atoms with Gasteiger partial charge in [0.25, 0.3) is 5.56 Å². The number of fused-ring (bicyclic) bond motifs is 1. The van der Waals surface area contributed by atoms with Crippen LogP contribution in [-0.2, 0) is 6.54 Å². The molecule has 0 spiro atoms. The van der Waals surface area contributed by atoms with E-state index in [2.05, 4.69) is 69.8 Å². The molecule has 1 unspecified atom stereocenters. The molecule has 1 aromatic carbocycles. The Balaban J connectivity index is 1.31. The lowest BCUT2D eigenvalue weighted by atomic mass is 10.2. The van der Waals surface area contributed by atoms with Crippen molar-refractivity contribution in [1.82, 2.24) is 34.1 Å². The number of benzene rings is 1. The third-order valence-corrected chi connectivity index (χ3v) is 8.12. The Morgan fingerprint density at radius 3 is 2.46 bits per heavy atom. The minimum Gasteiger partial charge on any atom is -0.369 e. The van der Waals surface area contributed by atoms with Crippen LogP contribution >= 0.6 is 0 Å². The number of likely N-dealkylation sites (N-methyl/N-ethyl adjacent to an activating group) is 2. The van der Waals surface area contributed by atoms with Crippen LogP contribution in [0, 0.1) is 0 Å². The lowest BCUT2D eigenvalue weighted by Gasteiger charge is -2.34. The second-order valence-corrected chi connectivity index (χ2v) is 11.1. The number of anilines is 4. The number of hydrogen-bond donors (Lipinski definition) is 1. The van der Waals surface area contributed by atoms with Crippen molar-refractivity contribution >= 4 is 34.2 Å². The van der Waals surface area contributed by atoms with Gasteiger partial charge < -0.3 is 24.9 Å². The first-order valence-corrected chi connectivity index (χ1v) is 14.2. The number of aromatic nitrogens is 5. The fraction of sp³-hybridized carbons (Fsp3) is 0.400. The fourth-order valence-corrected chi connectivity index (χ4v) is 5.64. The van der Waals surface area contributed by atoms with Crippen molar-refractivity contribution in [1.29, 1.82) is 0 Å². The van der Waals surface area contributed by atoms with Crippen LogP contribution in [0.25, 0.3) is 16.9 Å². The van der Waals surface area contributed by atoms with Crippen LogP contribution in [-0.4, -0.2) is 101 Å². The lowest BCUT2D eigenvalue weighted by Crippen LogP contribution is -2.44. The summed E-state index contributed by atoms with van der Waals surface area (Å²) < 4.78 is 3.39. The highest BCUT2D eigenvalue weighted by atomic mass is 16.1. The van der Waals surface area contributed by atoms with Crippen molar-refractivity contribution in [3.05, 3.63) is 71.7 Å². The molecule has 2 aliphatic heterocycles. The summed E-state index contributed by atoms with van der Waals surface area (Å²) in [7, 11) is 6.39. The van der Waals surface area contributed by atoms with E-state index in [4.69, 9.17) is 9.97 Å². The highest BCUT2D eigenvalue weighted by Gasteiger charge is 2.26. The van der Waals surface area contributed by atoms with Crippen LogP contribution in [0.15, 0.2) is 66.1 Å². The maximum absolute atomic E-state index is 13.4. The first-order valence-electron chi connectivity index (χ1n) is 14.2. The second-order valence-electron chi connectivity index (χ2n) is 11.1. The van der Waals surface area contributed by atoms with Crippen LogP contribution in [0.5, 0.6) is 0 Å². The standard InChI is InChI=1S/C30H38N10O/c1-5-14-39-29(41)25-20-31-30(32-22-9-11-23(12-10-22)37-18-16-36(4)17-19-37)34-28(25)40(39)27-8-6-7-26(33-27)38-15-13-24(21-38)35(2)3/h5-12,20,24H,1,13-19,21H2,2-4H3,(H,31,32,34). The number of hydrogen-bond acceptors (Lipinski definition) is 9. The van der Waals surface area contributed by atoms with Crippen molar-refractivity contribution < 1.29 is 0 Å². The zero-order valence-corrected chi connectivity index (χ0v) is 24.1. The topological polar surface area (TPSA) is 90.6 Å². The molecule has 0 aliphatic carbocycles. The van der Waals surface area contributed by atoms with Gasteiger partial charge in [-0.1, -0.05) is 12.1 Å². The molecule has 11 nitrogen and oxygen atoms in total. The van der Waals surface area contributed by atoms with E-state index in [0.717, 1.165) is 57.2 Å². The third-order valence-electron chi connectivity index (χ3n) is 8.12. The molecule has 0 saturated carbocycles. The van der Waals surface area contributed by atoms with Crippen LogP contribution in [0.2, 0.25) is 0 Å². The average molecular weight is 555 g/mol. The average Bonchev–Trinajstić information content (AvgIpc) is 3.58. The van der Waals surface area contributed by atoms with Gasteiger partial charge in [0.15, 0.2) is 11.5 Å². The van der Waals surface area contributed by atoms with Crippen molar-refractivity contribution in [3.63, 3.8) is 0 Å². The van der Waals surface area contributed by atoms with E-state index in [1.165, 1.54) is 5.69 Å². The van der Waals surface area contributed by atoms with E-state index in [9.17, 15) is 4.79 Å². The number of nitrogens with zero attached hydrogens (tertiary/aromatic N) is 9. The zero-order chi connectivity index (χ0) is 28.5. The number of piperazine rings is 1. The molecular weight excluding hydrogens is 516 g/mol. The SMILES string of the molecule is C=CCn1c(=O)c2cnc(Nc3ccc(N4CCN(C)CC4)cc3)nc2n1-c1cccc(N2CCC(N(C)C)C2)n1. The summed E-state index contributed by atoms with van der Waals surface area (Å²) >= 11 is 0. The monoisotopic (exact) mass is 554 g/mol. The first kappa shape index (κ1) is 27.0. The van der Waals surface area contributed by atoms with E-state index in [1.54, 1.807) is 21.6 Å². The molecular formula is C30H38N10O. The van der Waals surface area contributed by atoms with Gasteiger partial charge in [-0.15, -0.1) is 6.58 Å². The first-order chi connectivity index (χ1) is 19.9. The summed E-state index contributed by atoms with van der Waals surface area (Å²) in [6.45, 7) is 10.2. The molecule has 41 heavy (non-hydrogen) atoms. The highest BCUT2D eigenvalue weighted by molar-refractivity contribution is 5.77. The number of allylic oxidation sites excluding steroid dienone is 1. The maximum atomic E-state index is 13.4. The predicted octanol–water partition coefficient (Wildman–Crippen LogP) is 2.80. The molecule has 11 heteroatoms. The van der Waals surface area contributed by atoms with Gasteiger partial charge in [-0.3, -0.25) is 4.79 Å². The zero-order valence-electron chi connectivity index (χ0n) is 24.1. The van der Waals surface area contributed by atoms with Crippen molar-refractivity contribution in [2.24, 2.45) is 0 Å². The van der Waals surface area contributed by atoms with Crippen LogP contribution < -0.4 is 20.7 Å². The van der Waals surface area contributed by atoms with Crippen LogP contribution in [0.1, 0.15) is 6.42 Å². The Kier molecular flexibility index (Phi) is 7.46. The molecule has 1 atom stereocenters. The molecule has 0 radical (unpaired) electrons. The van der Waals surface area contributed by atoms with E-state index >= 15 is 0 Å². The summed E-state index contributed by atoms with van der Waals surface area (Å²) in [6, 6.07) is 14.7. The highest BCUT2D eigenvalue weighted by Crippen LogP contribution is 2.24. The van der Waals surface area contributed by atoms with Gasteiger partial charge in [0.1, 0.15) is 11.2 Å². The maximum Gasteiger partial charge on any atom is 0.278 e. The molecule has 214 valence electrons. The molecule has 4 aromatic rings. The molecule has 6 rings (SSSR count). The lowest BCUT2D eigenvalue weighted by molar-refractivity contribution is 0.313. The summed E-state index contributed by atoms with van der Waals surface area (Å²) in [5, 5.41) is 3.75. The smallest absolute Gasteiger partial charge is 0.278 e. The van der Waals surface area contributed by atoms with E-state index in [0.29, 0.717) is 35.4 Å². The van der Waals surface area contributed by atoms with Gasteiger partial charge in [-0.05, 0) is 64.0 Å². The predicted molar refractivity (Wildman–Crippen MR) is 165 cm³/mol. The van der Waals surface area contributed by atoms with E-state index in [1.807, 2.05) is 30.3 Å².